The van der Waals surface area contributed by atoms with Gasteiger partial charge in [-0.05, 0) is 50.7 Å². The molecule has 0 bridgehead atoms. The van der Waals surface area contributed by atoms with E-state index in [9.17, 15) is 4.39 Å². The van der Waals surface area contributed by atoms with Gasteiger partial charge in [0.25, 0.3) is 0 Å². The summed E-state index contributed by atoms with van der Waals surface area (Å²) < 4.78 is 15.9. The summed E-state index contributed by atoms with van der Waals surface area (Å²) in [5.74, 6) is 1.00. The minimum Gasteiger partial charge on any atom is -0.354 e. The topological polar surface area (TPSA) is 36.7 Å². The third kappa shape index (κ3) is 3.68. The quantitative estimate of drug-likeness (QED) is 0.591. The van der Waals surface area contributed by atoms with E-state index in [-0.39, 0.29) is 5.82 Å². The molecule has 0 N–H and O–H groups in total. The summed E-state index contributed by atoms with van der Waals surface area (Å²) in [5, 5.41) is 4.95. The number of hydrogen-bond donors (Lipinski definition) is 0. The van der Waals surface area contributed by atoms with Gasteiger partial charge >= 0.3 is 0 Å². The van der Waals surface area contributed by atoms with E-state index in [2.05, 4.69) is 9.80 Å². The summed E-state index contributed by atoms with van der Waals surface area (Å²) in [6, 6.07) is 9.51. The van der Waals surface area contributed by atoms with E-state index in [4.69, 9.17) is 10.1 Å². The van der Waals surface area contributed by atoms with Crippen LogP contribution >= 0.6 is 0 Å². The fourth-order valence-corrected chi connectivity index (χ4v) is 5.99. The summed E-state index contributed by atoms with van der Waals surface area (Å²) >= 11 is 0. The number of hydrogen-bond acceptors (Lipinski definition) is 4. The lowest BCUT2D eigenvalue weighted by Crippen LogP contribution is -2.51. The van der Waals surface area contributed by atoms with Crippen molar-refractivity contribution in [1.29, 1.82) is 0 Å². The van der Waals surface area contributed by atoms with E-state index in [1.807, 2.05) is 16.6 Å². The Morgan fingerprint density at radius 2 is 1.69 bits per heavy atom. The van der Waals surface area contributed by atoms with Crippen molar-refractivity contribution in [2.75, 3.05) is 31.1 Å². The van der Waals surface area contributed by atoms with Crippen molar-refractivity contribution in [3.8, 4) is 11.3 Å². The van der Waals surface area contributed by atoms with Crippen molar-refractivity contribution in [2.45, 2.75) is 63.8 Å². The SMILES string of the molecule is Fc1cccc(-c2cc3nc4c(c(N5CCN(C6CCCCC6)CC5)n3n2)CCCC4)c1. The highest BCUT2D eigenvalue weighted by Gasteiger charge is 2.29. The normalized spacial score (nSPS) is 20.6. The molecule has 0 unspecified atom stereocenters. The maximum absolute atomic E-state index is 13.9. The Morgan fingerprint density at radius 3 is 2.50 bits per heavy atom. The maximum Gasteiger partial charge on any atom is 0.158 e. The molecular weight excluding hydrogens is 401 g/mol. The average Bonchev–Trinajstić information content (AvgIpc) is 3.27. The Kier molecular flexibility index (Phi) is 5.34. The molecule has 6 rings (SSSR count). The molecule has 6 heteroatoms. The molecule has 168 valence electrons. The highest BCUT2D eigenvalue weighted by atomic mass is 19.1. The predicted octanol–water partition coefficient (Wildman–Crippen LogP) is 4.87. The monoisotopic (exact) mass is 433 g/mol. The van der Waals surface area contributed by atoms with Gasteiger partial charge < -0.3 is 4.90 Å². The highest BCUT2D eigenvalue weighted by Crippen LogP contribution is 2.33. The van der Waals surface area contributed by atoms with Crippen LogP contribution in [-0.2, 0) is 12.8 Å². The number of halogens is 1. The lowest BCUT2D eigenvalue weighted by Gasteiger charge is -2.42. The van der Waals surface area contributed by atoms with Gasteiger partial charge in [0.15, 0.2) is 5.65 Å². The number of piperazine rings is 1. The molecule has 2 fully saturated rings. The van der Waals surface area contributed by atoms with Crippen molar-refractivity contribution < 1.29 is 4.39 Å². The minimum absolute atomic E-state index is 0.231. The van der Waals surface area contributed by atoms with E-state index in [1.165, 1.54) is 68.1 Å². The summed E-state index contributed by atoms with van der Waals surface area (Å²) in [5.41, 5.74) is 5.10. The molecule has 3 aliphatic rings. The van der Waals surface area contributed by atoms with Crippen molar-refractivity contribution in [3.05, 3.63) is 47.4 Å². The molecule has 2 aromatic heterocycles. The molecule has 0 radical (unpaired) electrons. The molecule has 1 aliphatic heterocycles. The number of aryl methyl sites for hydroxylation is 1. The van der Waals surface area contributed by atoms with Gasteiger partial charge in [-0.2, -0.15) is 9.61 Å². The zero-order valence-electron chi connectivity index (χ0n) is 18.8. The van der Waals surface area contributed by atoms with Crippen LogP contribution in [-0.4, -0.2) is 51.7 Å². The van der Waals surface area contributed by atoms with Crippen molar-refractivity contribution in [1.82, 2.24) is 19.5 Å². The first-order valence-corrected chi connectivity index (χ1v) is 12.4. The first-order chi connectivity index (χ1) is 15.8. The standard InChI is InChI=1S/C26H32FN5/c27-20-8-6-7-19(17-20)24-18-25-28-23-12-5-4-11-22(23)26(32(25)29-24)31-15-13-30(14-16-31)21-9-2-1-3-10-21/h6-8,17-18,21H,1-5,9-16H2. The molecule has 5 nitrogen and oxygen atoms in total. The minimum atomic E-state index is -0.231. The maximum atomic E-state index is 13.9. The number of aromatic nitrogens is 3. The van der Waals surface area contributed by atoms with E-state index in [1.54, 1.807) is 12.1 Å². The molecule has 32 heavy (non-hydrogen) atoms. The lowest BCUT2D eigenvalue weighted by molar-refractivity contribution is 0.147. The third-order valence-corrected chi connectivity index (χ3v) is 7.67. The van der Waals surface area contributed by atoms with Gasteiger partial charge in [0, 0.05) is 55.1 Å². The Balaban J connectivity index is 1.36. The molecule has 1 saturated heterocycles. The number of anilines is 1. The molecule has 2 aliphatic carbocycles. The highest BCUT2D eigenvalue weighted by molar-refractivity contribution is 5.67. The molecule has 1 saturated carbocycles. The van der Waals surface area contributed by atoms with Crippen LogP contribution in [0.4, 0.5) is 10.2 Å². The smallest absolute Gasteiger partial charge is 0.158 e. The second kappa shape index (κ2) is 8.47. The Morgan fingerprint density at radius 1 is 0.875 bits per heavy atom. The van der Waals surface area contributed by atoms with Gasteiger partial charge in [0.05, 0.1) is 5.69 Å². The van der Waals surface area contributed by atoms with Crippen molar-refractivity contribution >= 4 is 11.5 Å². The van der Waals surface area contributed by atoms with Gasteiger partial charge in [-0.25, -0.2) is 9.37 Å². The summed E-state index contributed by atoms with van der Waals surface area (Å²) in [6.07, 6.45) is 11.5. The summed E-state index contributed by atoms with van der Waals surface area (Å²) in [4.78, 5) is 10.3. The molecule has 3 heterocycles. The molecular formula is C26H32FN5. The van der Waals surface area contributed by atoms with Crippen molar-refractivity contribution in [3.63, 3.8) is 0 Å². The van der Waals surface area contributed by atoms with Crippen LogP contribution in [0, 0.1) is 5.82 Å². The van der Waals surface area contributed by atoms with E-state index in [0.29, 0.717) is 0 Å². The average molecular weight is 434 g/mol. The van der Waals surface area contributed by atoms with Crippen LogP contribution in [0.1, 0.15) is 56.2 Å². The first-order valence-electron chi connectivity index (χ1n) is 12.4. The van der Waals surface area contributed by atoms with E-state index >= 15 is 0 Å². The molecule has 0 spiro atoms. The van der Waals surface area contributed by atoms with Crippen molar-refractivity contribution in [2.24, 2.45) is 0 Å². The van der Waals surface area contributed by atoms with E-state index < -0.39 is 0 Å². The number of benzene rings is 1. The van der Waals surface area contributed by atoms with Crippen LogP contribution in [0.3, 0.4) is 0 Å². The van der Waals surface area contributed by atoms with Gasteiger partial charge in [-0.15, -0.1) is 0 Å². The number of rotatable bonds is 3. The fraction of sp³-hybridized carbons (Fsp3) is 0.538. The first kappa shape index (κ1) is 20.2. The summed E-state index contributed by atoms with van der Waals surface area (Å²) in [6.45, 7) is 4.33. The summed E-state index contributed by atoms with van der Waals surface area (Å²) in [7, 11) is 0. The molecule has 0 amide bonds. The predicted molar refractivity (Wildman–Crippen MR) is 126 cm³/mol. The van der Waals surface area contributed by atoms with Gasteiger partial charge in [-0.1, -0.05) is 31.4 Å². The number of fused-ring (bicyclic) bond motifs is 2. The van der Waals surface area contributed by atoms with Crippen LogP contribution in [0.2, 0.25) is 0 Å². The van der Waals surface area contributed by atoms with Crippen LogP contribution in [0.5, 0.6) is 0 Å². The lowest BCUT2D eigenvalue weighted by atomic mass is 9.93. The molecule has 0 atom stereocenters. The largest absolute Gasteiger partial charge is 0.354 e. The van der Waals surface area contributed by atoms with Crippen LogP contribution < -0.4 is 4.90 Å². The van der Waals surface area contributed by atoms with Gasteiger partial charge in [-0.3, -0.25) is 4.90 Å². The number of nitrogens with zero attached hydrogens (tertiary/aromatic N) is 5. The van der Waals surface area contributed by atoms with Gasteiger partial charge in [0.2, 0.25) is 0 Å². The van der Waals surface area contributed by atoms with E-state index in [0.717, 1.165) is 62.0 Å². The Labute approximate surface area is 189 Å². The third-order valence-electron chi connectivity index (χ3n) is 7.67. The molecule has 3 aromatic rings. The Hall–Kier alpha value is -2.47. The van der Waals surface area contributed by atoms with Crippen LogP contribution in [0.25, 0.3) is 16.9 Å². The second-order valence-electron chi connectivity index (χ2n) is 9.69. The second-order valence-corrected chi connectivity index (χ2v) is 9.69. The zero-order chi connectivity index (χ0) is 21.5. The Bertz CT molecular complexity index is 1110. The fourth-order valence-electron chi connectivity index (χ4n) is 5.99. The zero-order valence-corrected chi connectivity index (χ0v) is 18.8. The van der Waals surface area contributed by atoms with Gasteiger partial charge in [0.1, 0.15) is 11.6 Å². The van der Waals surface area contributed by atoms with Crippen LogP contribution in [0.15, 0.2) is 30.3 Å². The molecule has 1 aromatic carbocycles.